The second-order valence-electron chi connectivity index (χ2n) is 1.70. The van der Waals surface area contributed by atoms with Gasteiger partial charge in [-0.25, -0.2) is 5.92 Å². The van der Waals surface area contributed by atoms with E-state index in [9.17, 15) is 0 Å². The molecule has 0 heteroatoms. The zero-order valence-electron chi connectivity index (χ0n) is 7.78. The summed E-state index contributed by atoms with van der Waals surface area (Å²) >= 11 is 0. The van der Waals surface area contributed by atoms with Crippen molar-refractivity contribution in [1.82, 2.24) is 0 Å². The summed E-state index contributed by atoms with van der Waals surface area (Å²) in [6.45, 7) is 3.28. The Morgan fingerprint density at radius 3 is 1.20 bits per heavy atom. The lowest BCUT2D eigenvalue weighted by molar-refractivity contribution is 2.31. The smallest absolute Gasteiger partial charge is 0.00000000502 e. The van der Waals surface area contributed by atoms with Gasteiger partial charge in [0.1, 0.15) is 0 Å². The van der Waals surface area contributed by atoms with Gasteiger partial charge in [-0.2, -0.15) is 6.92 Å². The minimum atomic E-state index is 2.12. The molecule has 0 saturated carbocycles. The highest BCUT2D eigenvalue weighted by Gasteiger charge is 1.54. The van der Waals surface area contributed by atoms with E-state index in [1.807, 2.05) is 0 Å². The first kappa shape index (κ1) is 11.8. The molecule has 0 aliphatic rings. The van der Waals surface area contributed by atoms with Gasteiger partial charge in [0, 0.05) is 0 Å². The molecule has 0 aliphatic heterocycles. The zero-order chi connectivity index (χ0) is 11.2. The summed E-state index contributed by atoms with van der Waals surface area (Å²) in [7, 11) is 0. The Balaban J connectivity index is 4.21. The number of hydrogen-bond acceptors (Lipinski definition) is 0. The maximum Gasteiger partial charge on any atom is -0.00000000502 e. The summed E-state index contributed by atoms with van der Waals surface area (Å²) in [5.41, 5.74) is 0. The van der Waals surface area contributed by atoms with E-state index in [2.05, 4.69) is 83.9 Å². The monoisotopic (exact) mass is 183 g/mol. The van der Waals surface area contributed by atoms with Crippen molar-refractivity contribution >= 4 is 0 Å². The standard InChI is InChI=1S/C15H3/c1-3-5-7-9-11-13-15-14-12-10-8-6-4-2/h1H,2H2/q-1. The van der Waals surface area contributed by atoms with Crippen LogP contribution in [0.4, 0.5) is 0 Å². The van der Waals surface area contributed by atoms with Gasteiger partial charge < -0.3 is 0 Å². The van der Waals surface area contributed by atoms with Crippen LogP contribution in [-0.2, 0) is 0 Å². The van der Waals surface area contributed by atoms with Gasteiger partial charge >= 0.3 is 0 Å². The van der Waals surface area contributed by atoms with Gasteiger partial charge in [-0.1, -0.05) is 0 Å². The van der Waals surface area contributed by atoms with Crippen molar-refractivity contribution in [2.75, 3.05) is 0 Å². The third-order valence-electron chi connectivity index (χ3n) is 0.786. The zero-order valence-corrected chi connectivity index (χ0v) is 7.78. The second-order valence-corrected chi connectivity index (χ2v) is 1.70. The van der Waals surface area contributed by atoms with E-state index in [0.717, 1.165) is 0 Å². The second kappa shape index (κ2) is 10.8. The number of terminal acetylenes is 1. The van der Waals surface area contributed by atoms with E-state index < -0.39 is 0 Å². The van der Waals surface area contributed by atoms with Crippen molar-refractivity contribution in [3.05, 3.63) is 6.92 Å². The van der Waals surface area contributed by atoms with Gasteiger partial charge in [0.25, 0.3) is 0 Å². The first-order valence-electron chi connectivity index (χ1n) is 3.64. The lowest BCUT2D eigenvalue weighted by atomic mass is 10.5. The van der Waals surface area contributed by atoms with E-state index in [1.54, 1.807) is 0 Å². The van der Waals surface area contributed by atoms with Crippen molar-refractivity contribution in [2.45, 2.75) is 0 Å². The van der Waals surface area contributed by atoms with Gasteiger partial charge in [-0.15, -0.1) is 12.3 Å². The van der Waals surface area contributed by atoms with Crippen LogP contribution in [0.3, 0.4) is 0 Å². The van der Waals surface area contributed by atoms with E-state index in [0.29, 0.717) is 0 Å². The number of rotatable bonds is 0. The fourth-order valence-corrected chi connectivity index (χ4v) is 0.362. The first-order chi connectivity index (χ1) is 7.41. The van der Waals surface area contributed by atoms with Gasteiger partial charge in [0.15, 0.2) is 0 Å². The Kier molecular flexibility index (Phi) is 8.48. The average molecular weight is 183 g/mol. The number of hydrogen-bond donors (Lipinski definition) is 0. The van der Waals surface area contributed by atoms with Crippen LogP contribution in [0.5, 0.6) is 0 Å². The summed E-state index contributed by atoms with van der Waals surface area (Å²) in [4.78, 5) is 0. The Hall–Kier alpha value is -3.21. The van der Waals surface area contributed by atoms with Crippen molar-refractivity contribution < 1.29 is 0 Å². The quantitative estimate of drug-likeness (QED) is 0.378. The highest BCUT2D eigenvalue weighted by Crippen LogP contribution is 1.56. The van der Waals surface area contributed by atoms with Gasteiger partial charge in [0.05, 0.1) is 0 Å². The molecule has 64 valence electrons. The SMILES string of the molecule is C#CC#CC#CC#CC#CC#CC#C[CH2-]. The van der Waals surface area contributed by atoms with E-state index in [1.165, 1.54) is 0 Å². The van der Waals surface area contributed by atoms with Crippen LogP contribution in [0.1, 0.15) is 0 Å². The summed E-state index contributed by atoms with van der Waals surface area (Å²) in [5.74, 6) is 31.3. The Bertz CT molecular complexity index is 614. The Morgan fingerprint density at radius 2 is 0.867 bits per heavy atom. The van der Waals surface area contributed by atoms with E-state index >= 15 is 0 Å². The normalized spacial score (nSPS) is 3.67. The van der Waals surface area contributed by atoms with Crippen LogP contribution < -0.4 is 0 Å². The van der Waals surface area contributed by atoms with Crippen LogP contribution in [0.25, 0.3) is 0 Å². The fourth-order valence-electron chi connectivity index (χ4n) is 0.362. The minimum absolute atomic E-state index is 2.12. The van der Waals surface area contributed by atoms with Gasteiger partial charge in [-0.3, -0.25) is 5.92 Å². The lowest BCUT2D eigenvalue weighted by Gasteiger charge is -1.64. The summed E-state index contributed by atoms with van der Waals surface area (Å²) in [6.07, 6.45) is 4.87. The Morgan fingerprint density at radius 1 is 0.533 bits per heavy atom. The van der Waals surface area contributed by atoms with E-state index in [4.69, 9.17) is 6.42 Å². The van der Waals surface area contributed by atoms with Crippen molar-refractivity contribution in [2.24, 2.45) is 0 Å². The van der Waals surface area contributed by atoms with Crippen molar-refractivity contribution in [1.29, 1.82) is 0 Å². The molecule has 0 atom stereocenters. The molecule has 0 spiro atoms. The third-order valence-corrected chi connectivity index (χ3v) is 0.786. The van der Waals surface area contributed by atoms with Crippen molar-refractivity contribution in [3.8, 4) is 83.4 Å². The molecule has 0 heterocycles. The molecule has 0 aromatic rings. The highest BCUT2D eigenvalue weighted by atomic mass is 13.6. The molecule has 0 rings (SSSR count). The largest absolute Gasteiger partial charge is 0.284 e. The third kappa shape index (κ3) is 10.8. The molecule has 0 N–H and O–H groups in total. The van der Waals surface area contributed by atoms with Crippen LogP contribution in [0, 0.1) is 90.3 Å². The predicted octanol–water partition coefficient (Wildman–Crippen LogP) is 0.474. The predicted molar refractivity (Wildman–Crippen MR) is 60.8 cm³/mol. The summed E-state index contributed by atoms with van der Waals surface area (Å²) in [5, 5.41) is 0. The highest BCUT2D eigenvalue weighted by molar-refractivity contribution is 5.44. The molecule has 0 amide bonds. The lowest BCUT2D eigenvalue weighted by Crippen LogP contribution is -1.55. The molecule has 0 unspecified atom stereocenters. The van der Waals surface area contributed by atoms with Crippen LogP contribution in [-0.4, -0.2) is 0 Å². The molecule has 0 aromatic heterocycles. The maximum atomic E-state index is 4.87. The summed E-state index contributed by atoms with van der Waals surface area (Å²) < 4.78 is 0. The maximum absolute atomic E-state index is 4.87. The topological polar surface area (TPSA) is 0 Å². The first-order valence-corrected chi connectivity index (χ1v) is 3.64. The minimum Gasteiger partial charge on any atom is -0.284 e. The van der Waals surface area contributed by atoms with Crippen LogP contribution in [0.15, 0.2) is 0 Å². The molecular formula is C15H3-. The molecule has 0 saturated heterocycles. The molecule has 0 aromatic carbocycles. The molecular weight excluding hydrogens is 180 g/mol. The molecule has 0 radical (unpaired) electrons. The molecule has 15 heavy (non-hydrogen) atoms. The molecule has 0 nitrogen and oxygen atoms in total. The molecule has 0 fully saturated rings. The molecule has 0 bridgehead atoms. The van der Waals surface area contributed by atoms with Gasteiger partial charge in [0.2, 0.25) is 0 Å². The van der Waals surface area contributed by atoms with E-state index in [-0.39, 0.29) is 0 Å². The van der Waals surface area contributed by atoms with Crippen LogP contribution >= 0.6 is 0 Å². The molecule has 0 aliphatic carbocycles. The summed E-state index contributed by atoms with van der Waals surface area (Å²) in [6, 6.07) is 0. The fraction of sp³-hybridized carbons (Fsp3) is 0. The Labute approximate surface area is 90.8 Å². The van der Waals surface area contributed by atoms with Crippen LogP contribution in [0.2, 0.25) is 0 Å². The van der Waals surface area contributed by atoms with Crippen molar-refractivity contribution in [3.63, 3.8) is 0 Å². The van der Waals surface area contributed by atoms with Gasteiger partial charge in [-0.05, 0) is 59.2 Å². The average Bonchev–Trinajstić information content (AvgIpc) is 2.26.